The average molecular weight is 986 g/mol. The van der Waals surface area contributed by atoms with Gasteiger partial charge in [0.25, 0.3) is 0 Å². The lowest BCUT2D eigenvalue weighted by atomic mass is 9.96. The van der Waals surface area contributed by atoms with E-state index in [1.165, 1.54) is 41.3 Å². The van der Waals surface area contributed by atoms with Gasteiger partial charge in [-0.05, 0) is 55.3 Å². The van der Waals surface area contributed by atoms with Crippen LogP contribution in [0.3, 0.4) is 0 Å². The van der Waals surface area contributed by atoms with Gasteiger partial charge in [0.2, 0.25) is 41.4 Å². The number of hydrogen-bond acceptors (Lipinski definition) is 13. The van der Waals surface area contributed by atoms with Gasteiger partial charge in [-0.3, -0.25) is 38.6 Å². The highest BCUT2D eigenvalue weighted by molar-refractivity contribution is 7.99. The third-order valence-electron chi connectivity index (χ3n) is 11.8. The molecule has 1 aliphatic heterocycles. The molecule has 0 aliphatic carbocycles. The van der Waals surface area contributed by atoms with E-state index in [-0.39, 0.29) is 55.7 Å². The molecule has 2 heterocycles. The highest BCUT2D eigenvalue weighted by atomic mass is 32.2. The highest BCUT2D eigenvalue weighted by Gasteiger charge is 2.41. The lowest BCUT2D eigenvalue weighted by Crippen LogP contribution is -2.62. The number of aromatic hydroxyl groups is 1. The SMILES string of the molecule is CC[C@H](C)[C@H](NC(=O)[C@H]1CSCN1C(=O)[C@H](Cc1cnc[nH]1)NC(=O)[C@@H](NC(=O)[C@H](Cc1ccc(O)cc1)NC(=O)[C@@H](NC(=O)[C@H](CCCN=C(N)N)NC(=O)CNC)C(C)C)[C@@H](C)CC)C(=O)O. The maximum absolute atomic E-state index is 14.5. The highest BCUT2D eigenvalue weighted by Crippen LogP contribution is 2.24. The summed E-state index contributed by atoms with van der Waals surface area (Å²) in [5.41, 5.74) is 11.9. The van der Waals surface area contributed by atoms with Crippen molar-refractivity contribution >= 4 is 65.0 Å². The van der Waals surface area contributed by atoms with Crippen molar-refractivity contribution in [3.05, 3.63) is 48.0 Å². The summed E-state index contributed by atoms with van der Waals surface area (Å²) >= 11 is 1.29. The van der Waals surface area contributed by atoms with E-state index in [0.29, 0.717) is 30.5 Å². The van der Waals surface area contributed by atoms with Gasteiger partial charge >= 0.3 is 5.97 Å². The minimum absolute atomic E-state index is 0.0382. The third-order valence-corrected chi connectivity index (χ3v) is 12.8. The van der Waals surface area contributed by atoms with Crippen LogP contribution in [0.1, 0.15) is 78.5 Å². The number of guanidine groups is 1. The number of imidazole rings is 1. The Morgan fingerprint density at radius 2 is 1.42 bits per heavy atom. The molecule has 24 heteroatoms. The molecule has 9 atom stereocenters. The van der Waals surface area contributed by atoms with E-state index in [0.717, 1.165) is 0 Å². The number of aromatic amines is 1. The van der Waals surface area contributed by atoms with Crippen molar-refractivity contribution in [1.82, 2.24) is 52.1 Å². The monoisotopic (exact) mass is 986 g/mol. The second-order valence-corrected chi connectivity index (χ2v) is 18.5. The Kier molecular flexibility index (Phi) is 23.2. The smallest absolute Gasteiger partial charge is 0.326 e. The zero-order valence-corrected chi connectivity index (χ0v) is 41.2. The van der Waals surface area contributed by atoms with Crippen LogP contribution in [-0.2, 0) is 51.2 Å². The molecule has 3 rings (SSSR count). The maximum atomic E-state index is 14.5. The largest absolute Gasteiger partial charge is 0.508 e. The van der Waals surface area contributed by atoms with Gasteiger partial charge in [-0.2, -0.15) is 0 Å². The first kappa shape index (κ1) is 56.9. The van der Waals surface area contributed by atoms with Crippen molar-refractivity contribution in [2.45, 2.75) is 122 Å². The van der Waals surface area contributed by atoms with Crippen LogP contribution in [0.15, 0.2) is 41.8 Å². The van der Waals surface area contributed by atoms with E-state index >= 15 is 0 Å². The van der Waals surface area contributed by atoms with Crippen molar-refractivity contribution in [3.8, 4) is 5.75 Å². The van der Waals surface area contributed by atoms with Crippen molar-refractivity contribution in [3.63, 3.8) is 0 Å². The second-order valence-electron chi connectivity index (χ2n) is 17.5. The summed E-state index contributed by atoms with van der Waals surface area (Å²) in [6.07, 6.45) is 4.00. The standard InChI is InChI=1S/C45H71N13O10S/c1-8-25(5)36(42(65)54-32(18-28-19-49-22-51-28)43(66)58-23-69-21-33(58)40(63)57-37(44(67)68)26(6)9-2)56-39(62)31(17-27-12-14-29(59)15-13-27)53-41(64)35(24(3)4)55-38(61)30(52-34(60)20-48-7)11-10-16-50-45(46)47/h12-15,19,22,24-26,30-33,35-37,48,59H,8-11,16-18,20-21,23H2,1-7H3,(H,49,51)(H,52,60)(H,53,64)(H,54,65)(H,55,61)(H,56,62)(H,57,63)(H,67,68)(H4,46,47,50)/t25-,26-,30-,31-,32-,33+,35-,36-,37-/m0/s1. The van der Waals surface area contributed by atoms with Crippen LogP contribution in [-0.4, -0.2) is 152 Å². The molecule has 1 aromatic heterocycles. The van der Waals surface area contributed by atoms with E-state index in [9.17, 15) is 48.6 Å². The lowest BCUT2D eigenvalue weighted by Gasteiger charge is -2.32. The van der Waals surface area contributed by atoms with E-state index < -0.39 is 107 Å². The van der Waals surface area contributed by atoms with Crippen LogP contribution in [0.5, 0.6) is 5.75 Å². The van der Waals surface area contributed by atoms with Crippen LogP contribution >= 0.6 is 11.8 Å². The first-order valence-corrected chi connectivity index (χ1v) is 24.2. The predicted octanol–water partition coefficient (Wildman–Crippen LogP) is -1.18. The Labute approximate surface area is 406 Å². The number of phenolic OH excluding ortho intramolecular Hbond substituents is 1. The molecular weight excluding hydrogens is 915 g/mol. The number of amides is 7. The van der Waals surface area contributed by atoms with E-state index in [2.05, 4.69) is 52.2 Å². The quantitative estimate of drug-likeness (QED) is 0.0271. The molecule has 0 saturated carbocycles. The number of carboxylic acid groups (broad SMARTS) is 1. The second kappa shape index (κ2) is 28.2. The van der Waals surface area contributed by atoms with Gasteiger partial charge in [-0.25, -0.2) is 9.78 Å². The number of nitrogens with zero attached hydrogens (tertiary/aromatic N) is 3. The van der Waals surface area contributed by atoms with Crippen LogP contribution < -0.4 is 48.7 Å². The normalized spacial score (nSPS) is 16.9. The molecule has 0 bridgehead atoms. The number of thioether (sulfide) groups is 1. The molecule has 1 fully saturated rings. The predicted molar refractivity (Wildman–Crippen MR) is 259 cm³/mol. The molecule has 14 N–H and O–H groups in total. The van der Waals surface area contributed by atoms with Crippen LogP contribution in [0.25, 0.3) is 0 Å². The lowest BCUT2D eigenvalue weighted by molar-refractivity contribution is -0.146. The molecule has 2 aromatic rings. The molecule has 0 spiro atoms. The van der Waals surface area contributed by atoms with E-state index in [4.69, 9.17) is 11.5 Å². The Hall–Kier alpha value is -6.43. The third kappa shape index (κ3) is 17.9. The number of nitrogens with two attached hydrogens (primary N) is 2. The summed E-state index contributed by atoms with van der Waals surface area (Å²) in [6, 6.07) is -2.45. The Balaban J connectivity index is 1.92. The van der Waals surface area contributed by atoms with Gasteiger partial charge in [0.05, 0.1) is 18.7 Å². The number of phenols is 1. The maximum Gasteiger partial charge on any atom is 0.326 e. The molecule has 382 valence electrons. The summed E-state index contributed by atoms with van der Waals surface area (Å²) in [7, 11) is 1.57. The van der Waals surface area contributed by atoms with Crippen LogP contribution in [0.2, 0.25) is 0 Å². The molecular formula is C45H71N13O10S. The number of aliphatic imine (C=N–C) groups is 1. The molecule has 1 aromatic carbocycles. The number of H-pyrrole nitrogens is 1. The van der Waals surface area contributed by atoms with E-state index in [1.807, 2.05) is 0 Å². The van der Waals surface area contributed by atoms with E-state index in [1.54, 1.807) is 60.7 Å². The minimum Gasteiger partial charge on any atom is -0.508 e. The molecule has 23 nitrogen and oxygen atoms in total. The molecule has 0 radical (unpaired) electrons. The Bertz CT molecular complexity index is 2070. The zero-order chi connectivity index (χ0) is 51.4. The summed E-state index contributed by atoms with van der Waals surface area (Å²) < 4.78 is 0. The number of carbonyl (C=O) groups is 8. The number of aliphatic carboxylic acids is 1. The molecule has 1 saturated heterocycles. The summed E-state index contributed by atoms with van der Waals surface area (Å²) in [6.45, 7) is 10.5. The number of hydrogen-bond donors (Lipinski definition) is 12. The molecule has 7 amide bonds. The van der Waals surface area contributed by atoms with Crippen molar-refractivity contribution in [2.75, 3.05) is 31.8 Å². The number of carboxylic acids is 1. The number of carbonyl (C=O) groups excluding carboxylic acids is 7. The zero-order valence-electron chi connectivity index (χ0n) is 40.4. The van der Waals surface area contributed by atoms with Crippen LogP contribution in [0, 0.1) is 17.8 Å². The first-order chi connectivity index (χ1) is 32.7. The fourth-order valence-electron chi connectivity index (χ4n) is 7.35. The average Bonchev–Trinajstić information content (AvgIpc) is 4.02. The number of aromatic nitrogens is 2. The number of likely N-dealkylation sites (N-methyl/N-ethyl adjacent to an activating group) is 1. The molecule has 0 unspecified atom stereocenters. The van der Waals surface area contributed by atoms with Crippen molar-refractivity contribution in [2.24, 2.45) is 34.2 Å². The van der Waals surface area contributed by atoms with Gasteiger partial charge in [0.15, 0.2) is 5.96 Å². The van der Waals surface area contributed by atoms with Gasteiger partial charge in [-0.15, -0.1) is 11.8 Å². The fraction of sp³-hybridized carbons (Fsp3) is 0.600. The summed E-state index contributed by atoms with van der Waals surface area (Å²) in [5.74, 6) is -7.21. The van der Waals surface area contributed by atoms with Gasteiger partial charge in [0, 0.05) is 37.0 Å². The number of nitrogens with one attached hydrogen (secondary N) is 8. The Morgan fingerprint density at radius 1 is 0.812 bits per heavy atom. The van der Waals surface area contributed by atoms with Crippen molar-refractivity contribution < 1.29 is 48.6 Å². The Morgan fingerprint density at radius 3 is 2.00 bits per heavy atom. The fourth-order valence-corrected chi connectivity index (χ4v) is 8.51. The molecule has 69 heavy (non-hydrogen) atoms. The minimum atomic E-state index is -1.35. The van der Waals surface area contributed by atoms with Crippen LogP contribution in [0.4, 0.5) is 0 Å². The number of benzene rings is 1. The van der Waals surface area contributed by atoms with Gasteiger partial charge in [-0.1, -0.05) is 66.5 Å². The van der Waals surface area contributed by atoms with Gasteiger partial charge < -0.3 is 68.8 Å². The summed E-state index contributed by atoms with van der Waals surface area (Å²) in [4.78, 5) is 122. The summed E-state index contributed by atoms with van der Waals surface area (Å²) in [5, 5.41) is 38.9. The number of rotatable bonds is 28. The van der Waals surface area contributed by atoms with Crippen molar-refractivity contribution in [1.29, 1.82) is 0 Å². The first-order valence-electron chi connectivity index (χ1n) is 23.1. The topological polar surface area (TPSA) is 358 Å². The van der Waals surface area contributed by atoms with Gasteiger partial charge in [0.1, 0.15) is 48.0 Å². The molecule has 1 aliphatic rings.